The smallest absolute Gasteiger partial charge is 0.106 e. The van der Waals surface area contributed by atoms with E-state index in [0.29, 0.717) is 0 Å². The van der Waals surface area contributed by atoms with Gasteiger partial charge >= 0.3 is 0 Å². The average molecular weight is 228 g/mol. The molecule has 2 heteroatoms. The highest BCUT2D eigenvalue weighted by Gasteiger charge is 1.93. The molecule has 0 unspecified atom stereocenters. The van der Waals surface area contributed by atoms with Gasteiger partial charge in [0.15, 0.2) is 0 Å². The SMILES string of the molecule is CCCCCc1ccnc(Br)c1. The van der Waals surface area contributed by atoms with Crippen LogP contribution in [0.2, 0.25) is 0 Å². The molecule has 1 aromatic heterocycles. The highest BCUT2D eigenvalue weighted by Crippen LogP contribution is 2.10. The van der Waals surface area contributed by atoms with E-state index < -0.39 is 0 Å². The van der Waals surface area contributed by atoms with E-state index in [1.54, 1.807) is 0 Å². The van der Waals surface area contributed by atoms with E-state index in [-0.39, 0.29) is 0 Å². The third-order valence-electron chi connectivity index (χ3n) is 1.86. The zero-order valence-corrected chi connectivity index (χ0v) is 8.97. The fourth-order valence-corrected chi connectivity index (χ4v) is 1.59. The molecule has 1 aromatic rings. The summed E-state index contributed by atoms with van der Waals surface area (Å²) < 4.78 is 0.941. The summed E-state index contributed by atoms with van der Waals surface area (Å²) in [5, 5.41) is 0. The van der Waals surface area contributed by atoms with Crippen molar-refractivity contribution in [2.75, 3.05) is 0 Å². The Hall–Kier alpha value is -0.370. The lowest BCUT2D eigenvalue weighted by molar-refractivity contribution is 0.716. The molecule has 0 amide bonds. The van der Waals surface area contributed by atoms with Crippen LogP contribution in [0.15, 0.2) is 22.9 Å². The Bertz CT molecular complexity index is 235. The van der Waals surface area contributed by atoms with E-state index in [1.807, 2.05) is 6.20 Å². The van der Waals surface area contributed by atoms with Gasteiger partial charge in [-0.15, -0.1) is 0 Å². The molecule has 0 aliphatic rings. The second-order valence-corrected chi connectivity index (χ2v) is 3.76. The van der Waals surface area contributed by atoms with Gasteiger partial charge in [0.05, 0.1) is 0 Å². The molecule has 0 saturated carbocycles. The molecule has 0 fully saturated rings. The van der Waals surface area contributed by atoms with Crippen molar-refractivity contribution in [2.45, 2.75) is 32.6 Å². The molecule has 0 radical (unpaired) electrons. The molecule has 0 aromatic carbocycles. The lowest BCUT2D eigenvalue weighted by Crippen LogP contribution is -1.86. The van der Waals surface area contributed by atoms with Gasteiger partial charge in [-0.25, -0.2) is 4.98 Å². The molecule has 1 rings (SSSR count). The van der Waals surface area contributed by atoms with Crippen molar-refractivity contribution in [2.24, 2.45) is 0 Å². The Morgan fingerprint density at radius 2 is 2.25 bits per heavy atom. The third-order valence-corrected chi connectivity index (χ3v) is 2.29. The standard InChI is InChI=1S/C10H14BrN/c1-2-3-4-5-9-6-7-12-10(11)8-9/h6-8H,2-5H2,1H3. The van der Waals surface area contributed by atoms with E-state index in [4.69, 9.17) is 0 Å². The van der Waals surface area contributed by atoms with Crippen LogP contribution in [0.3, 0.4) is 0 Å². The van der Waals surface area contributed by atoms with Gasteiger partial charge in [0.1, 0.15) is 4.60 Å². The van der Waals surface area contributed by atoms with Crippen LogP contribution in [-0.2, 0) is 6.42 Å². The molecule has 0 spiro atoms. The number of halogens is 1. The molecular formula is C10H14BrN. The van der Waals surface area contributed by atoms with Crippen molar-refractivity contribution in [3.05, 3.63) is 28.5 Å². The minimum atomic E-state index is 0.941. The number of aryl methyl sites for hydroxylation is 1. The van der Waals surface area contributed by atoms with Gasteiger partial charge in [0.2, 0.25) is 0 Å². The van der Waals surface area contributed by atoms with E-state index >= 15 is 0 Å². The van der Waals surface area contributed by atoms with Gasteiger partial charge in [0, 0.05) is 6.20 Å². The molecular weight excluding hydrogens is 214 g/mol. The van der Waals surface area contributed by atoms with Crippen LogP contribution in [0.1, 0.15) is 31.7 Å². The van der Waals surface area contributed by atoms with E-state index in [1.165, 1.54) is 31.2 Å². The Morgan fingerprint density at radius 1 is 1.42 bits per heavy atom. The molecule has 12 heavy (non-hydrogen) atoms. The fraction of sp³-hybridized carbons (Fsp3) is 0.500. The normalized spacial score (nSPS) is 10.2. The molecule has 0 atom stereocenters. The number of aromatic nitrogens is 1. The Kier molecular flexibility index (Phi) is 4.30. The van der Waals surface area contributed by atoms with Crippen LogP contribution in [-0.4, -0.2) is 4.98 Å². The van der Waals surface area contributed by atoms with Gasteiger partial charge < -0.3 is 0 Å². The first-order valence-corrected chi connectivity index (χ1v) is 5.22. The van der Waals surface area contributed by atoms with Crippen molar-refractivity contribution in [1.82, 2.24) is 4.98 Å². The van der Waals surface area contributed by atoms with Crippen molar-refractivity contribution in [3.8, 4) is 0 Å². The van der Waals surface area contributed by atoms with E-state index in [2.05, 4.69) is 40.0 Å². The van der Waals surface area contributed by atoms with Crippen molar-refractivity contribution in [1.29, 1.82) is 0 Å². The second-order valence-electron chi connectivity index (χ2n) is 2.94. The molecule has 0 aliphatic heterocycles. The van der Waals surface area contributed by atoms with Gasteiger partial charge in [-0.3, -0.25) is 0 Å². The average Bonchev–Trinajstić information content (AvgIpc) is 2.05. The number of nitrogens with zero attached hydrogens (tertiary/aromatic N) is 1. The van der Waals surface area contributed by atoms with E-state index in [0.717, 1.165) is 4.60 Å². The first-order valence-electron chi connectivity index (χ1n) is 4.43. The molecule has 0 bridgehead atoms. The minimum Gasteiger partial charge on any atom is -0.249 e. The topological polar surface area (TPSA) is 12.9 Å². The molecule has 0 saturated heterocycles. The van der Waals surface area contributed by atoms with Crippen LogP contribution in [0, 0.1) is 0 Å². The van der Waals surface area contributed by atoms with Gasteiger partial charge in [0.25, 0.3) is 0 Å². The minimum absolute atomic E-state index is 0.941. The number of pyridine rings is 1. The maximum absolute atomic E-state index is 4.08. The molecule has 1 nitrogen and oxygen atoms in total. The summed E-state index contributed by atoms with van der Waals surface area (Å²) in [5.74, 6) is 0. The quantitative estimate of drug-likeness (QED) is 0.567. The second kappa shape index (κ2) is 5.31. The highest BCUT2D eigenvalue weighted by molar-refractivity contribution is 9.10. The largest absolute Gasteiger partial charge is 0.249 e. The van der Waals surface area contributed by atoms with Crippen molar-refractivity contribution in [3.63, 3.8) is 0 Å². The van der Waals surface area contributed by atoms with Crippen LogP contribution in [0.4, 0.5) is 0 Å². The number of hydrogen-bond donors (Lipinski definition) is 0. The molecule has 66 valence electrons. The molecule has 0 N–H and O–H groups in total. The third kappa shape index (κ3) is 3.35. The summed E-state index contributed by atoms with van der Waals surface area (Å²) >= 11 is 3.36. The zero-order chi connectivity index (χ0) is 8.81. The lowest BCUT2D eigenvalue weighted by atomic mass is 10.1. The molecule has 1 heterocycles. The predicted octanol–water partition coefficient (Wildman–Crippen LogP) is 3.58. The van der Waals surface area contributed by atoms with Crippen LogP contribution < -0.4 is 0 Å². The molecule has 0 aliphatic carbocycles. The van der Waals surface area contributed by atoms with Crippen molar-refractivity contribution < 1.29 is 0 Å². The zero-order valence-electron chi connectivity index (χ0n) is 7.39. The van der Waals surface area contributed by atoms with Gasteiger partial charge in [-0.1, -0.05) is 19.8 Å². The summed E-state index contributed by atoms with van der Waals surface area (Å²) in [5.41, 5.74) is 1.38. The van der Waals surface area contributed by atoms with Crippen LogP contribution >= 0.6 is 15.9 Å². The maximum atomic E-state index is 4.08. The summed E-state index contributed by atoms with van der Waals surface area (Å²) in [6, 6.07) is 4.18. The number of unbranched alkanes of at least 4 members (excludes halogenated alkanes) is 2. The fourth-order valence-electron chi connectivity index (χ4n) is 1.18. The first kappa shape index (κ1) is 9.72. The Morgan fingerprint density at radius 3 is 2.92 bits per heavy atom. The summed E-state index contributed by atoms with van der Waals surface area (Å²) in [4.78, 5) is 4.08. The van der Waals surface area contributed by atoms with Crippen LogP contribution in [0.25, 0.3) is 0 Å². The highest BCUT2D eigenvalue weighted by atomic mass is 79.9. The Balaban J connectivity index is 2.41. The summed E-state index contributed by atoms with van der Waals surface area (Å²) in [6.07, 6.45) is 6.92. The summed E-state index contributed by atoms with van der Waals surface area (Å²) in [7, 11) is 0. The van der Waals surface area contributed by atoms with Gasteiger partial charge in [-0.2, -0.15) is 0 Å². The predicted molar refractivity (Wildman–Crippen MR) is 55.2 cm³/mol. The monoisotopic (exact) mass is 227 g/mol. The number of hydrogen-bond acceptors (Lipinski definition) is 1. The lowest BCUT2D eigenvalue weighted by Gasteiger charge is -1.99. The van der Waals surface area contributed by atoms with E-state index in [9.17, 15) is 0 Å². The summed E-state index contributed by atoms with van der Waals surface area (Å²) in [6.45, 7) is 2.22. The van der Waals surface area contributed by atoms with Crippen molar-refractivity contribution >= 4 is 15.9 Å². The van der Waals surface area contributed by atoms with Gasteiger partial charge in [-0.05, 0) is 46.5 Å². The first-order chi connectivity index (χ1) is 5.83. The Labute approximate surface area is 82.3 Å². The number of rotatable bonds is 4. The maximum Gasteiger partial charge on any atom is 0.106 e. The van der Waals surface area contributed by atoms with Crippen LogP contribution in [0.5, 0.6) is 0 Å².